The Balaban J connectivity index is 1.77. The van der Waals surface area contributed by atoms with Crippen molar-refractivity contribution >= 4 is 10.0 Å². The van der Waals surface area contributed by atoms with Crippen molar-refractivity contribution in [2.24, 2.45) is 11.8 Å². The maximum atomic E-state index is 11.5. The Hall–Kier alpha value is -0.170. The van der Waals surface area contributed by atoms with E-state index < -0.39 is 10.0 Å². The van der Waals surface area contributed by atoms with Crippen LogP contribution in [-0.4, -0.2) is 46.0 Å². The van der Waals surface area contributed by atoms with Crippen molar-refractivity contribution in [1.29, 1.82) is 0 Å². The number of rotatable bonds is 6. The number of hydrogen-bond donors (Lipinski definition) is 2. The molecule has 1 aliphatic carbocycles. The van der Waals surface area contributed by atoms with Crippen molar-refractivity contribution in [1.82, 2.24) is 10.0 Å². The average Bonchev–Trinajstić information content (AvgIpc) is 2.45. The quantitative estimate of drug-likeness (QED) is 0.779. The Labute approximate surface area is 135 Å². The monoisotopic (exact) mass is 332 g/mol. The molecule has 0 aromatic carbocycles. The number of piperidine rings is 1. The van der Waals surface area contributed by atoms with Gasteiger partial charge in [0.2, 0.25) is 10.0 Å². The number of hydrogen-bond acceptors (Lipinski definition) is 4. The molecule has 22 heavy (non-hydrogen) atoms. The number of sulfonamides is 1. The highest BCUT2D eigenvalue weighted by Crippen LogP contribution is 2.31. The first-order valence-electron chi connectivity index (χ1n) is 8.67. The molecule has 0 unspecified atom stereocenters. The molecule has 0 spiro atoms. The minimum absolute atomic E-state index is 0.0456. The first kappa shape index (κ1) is 18.2. The minimum Gasteiger partial charge on any atom is -0.377 e. The maximum Gasteiger partial charge on any atom is 0.209 e. The molecule has 5 nitrogen and oxygen atoms in total. The van der Waals surface area contributed by atoms with Crippen LogP contribution >= 0.6 is 0 Å². The zero-order chi connectivity index (χ0) is 16.2. The highest BCUT2D eigenvalue weighted by molar-refractivity contribution is 7.88. The van der Waals surface area contributed by atoms with Crippen molar-refractivity contribution in [2.45, 2.75) is 70.6 Å². The van der Waals surface area contributed by atoms with E-state index in [0.29, 0.717) is 12.7 Å². The fourth-order valence-electron chi connectivity index (χ4n) is 3.71. The molecule has 0 aromatic heterocycles. The molecule has 2 aliphatic rings. The maximum absolute atomic E-state index is 11.5. The van der Waals surface area contributed by atoms with Gasteiger partial charge >= 0.3 is 0 Å². The number of ether oxygens (including phenoxy) is 1. The zero-order valence-electron chi connectivity index (χ0n) is 14.2. The molecule has 1 aliphatic heterocycles. The van der Waals surface area contributed by atoms with E-state index in [4.69, 9.17) is 4.74 Å². The van der Waals surface area contributed by atoms with Crippen LogP contribution in [0.1, 0.15) is 52.4 Å². The van der Waals surface area contributed by atoms with E-state index in [2.05, 4.69) is 23.9 Å². The van der Waals surface area contributed by atoms with Crippen LogP contribution in [0, 0.1) is 11.8 Å². The van der Waals surface area contributed by atoms with Crippen molar-refractivity contribution < 1.29 is 13.2 Å². The summed E-state index contributed by atoms with van der Waals surface area (Å²) in [5.74, 6) is 1.61. The predicted octanol–water partition coefficient (Wildman–Crippen LogP) is 1.89. The largest absolute Gasteiger partial charge is 0.377 e. The molecule has 130 valence electrons. The van der Waals surface area contributed by atoms with Crippen LogP contribution in [0.3, 0.4) is 0 Å². The van der Waals surface area contributed by atoms with Crippen LogP contribution in [-0.2, 0) is 14.8 Å². The third kappa shape index (κ3) is 5.80. The summed E-state index contributed by atoms with van der Waals surface area (Å²) < 4.78 is 31.8. The Morgan fingerprint density at radius 1 is 1.18 bits per heavy atom. The van der Waals surface area contributed by atoms with E-state index in [-0.39, 0.29) is 12.1 Å². The lowest BCUT2D eigenvalue weighted by Gasteiger charge is -2.35. The summed E-state index contributed by atoms with van der Waals surface area (Å²) in [7, 11) is -3.16. The molecule has 1 saturated carbocycles. The SMILES string of the molecule is CC(C)[C@H]1CC[C@@H](OC[C@@H]2NCCC[C@@H]2NS(C)(=O)=O)CC1. The molecule has 1 heterocycles. The second-order valence-corrected chi connectivity index (χ2v) is 9.09. The average molecular weight is 333 g/mol. The van der Waals surface area contributed by atoms with Crippen molar-refractivity contribution in [3.05, 3.63) is 0 Å². The Kier molecular flexibility index (Phi) is 6.68. The summed E-state index contributed by atoms with van der Waals surface area (Å²) in [6, 6.07) is 0.0436. The van der Waals surface area contributed by atoms with Gasteiger partial charge in [0.05, 0.1) is 19.0 Å². The molecule has 1 saturated heterocycles. The third-order valence-corrected chi connectivity index (χ3v) is 5.85. The van der Waals surface area contributed by atoms with E-state index in [1.54, 1.807) is 0 Å². The Bertz CT molecular complexity index is 431. The summed E-state index contributed by atoms with van der Waals surface area (Å²) in [6.07, 6.45) is 8.25. The van der Waals surface area contributed by atoms with Gasteiger partial charge in [-0.2, -0.15) is 0 Å². The lowest BCUT2D eigenvalue weighted by Crippen LogP contribution is -2.55. The molecule has 0 amide bonds. The summed E-state index contributed by atoms with van der Waals surface area (Å²) in [5.41, 5.74) is 0. The standard InChI is InChI=1S/C16H32N2O3S/c1-12(2)13-6-8-14(9-7-13)21-11-16-15(5-4-10-17-16)18-22(3,19)20/h12-18H,4-11H2,1-3H3/t13-,14+,15-,16-/m0/s1. The fourth-order valence-corrected chi connectivity index (χ4v) is 4.54. The van der Waals surface area contributed by atoms with E-state index in [0.717, 1.165) is 44.1 Å². The molecule has 0 radical (unpaired) electrons. The smallest absolute Gasteiger partial charge is 0.209 e. The molecule has 2 atom stereocenters. The summed E-state index contributed by atoms with van der Waals surface area (Å²) in [6.45, 7) is 6.15. The van der Waals surface area contributed by atoms with E-state index in [9.17, 15) is 8.42 Å². The summed E-state index contributed by atoms with van der Waals surface area (Å²) in [5, 5.41) is 3.41. The van der Waals surface area contributed by atoms with Crippen molar-refractivity contribution in [2.75, 3.05) is 19.4 Å². The fraction of sp³-hybridized carbons (Fsp3) is 1.00. The van der Waals surface area contributed by atoms with Crippen LogP contribution in [0.15, 0.2) is 0 Å². The van der Waals surface area contributed by atoms with Gasteiger partial charge in [-0.1, -0.05) is 13.8 Å². The van der Waals surface area contributed by atoms with Gasteiger partial charge in [-0.3, -0.25) is 0 Å². The molecule has 0 aromatic rings. The van der Waals surface area contributed by atoms with Gasteiger partial charge in [-0.15, -0.1) is 0 Å². The van der Waals surface area contributed by atoms with Crippen LogP contribution in [0.25, 0.3) is 0 Å². The molecular weight excluding hydrogens is 300 g/mol. The molecular formula is C16H32N2O3S. The zero-order valence-corrected chi connectivity index (χ0v) is 15.0. The molecule has 2 fully saturated rings. The first-order valence-corrected chi connectivity index (χ1v) is 10.6. The lowest BCUT2D eigenvalue weighted by atomic mass is 9.80. The summed E-state index contributed by atoms with van der Waals surface area (Å²) in [4.78, 5) is 0. The Morgan fingerprint density at radius 3 is 2.45 bits per heavy atom. The predicted molar refractivity (Wildman–Crippen MR) is 89.3 cm³/mol. The van der Waals surface area contributed by atoms with E-state index in [1.165, 1.54) is 19.1 Å². The van der Waals surface area contributed by atoms with Gasteiger partial charge in [-0.05, 0) is 56.9 Å². The van der Waals surface area contributed by atoms with E-state index in [1.807, 2.05) is 0 Å². The van der Waals surface area contributed by atoms with Gasteiger partial charge in [0.1, 0.15) is 0 Å². The van der Waals surface area contributed by atoms with E-state index >= 15 is 0 Å². The Morgan fingerprint density at radius 2 is 1.86 bits per heavy atom. The highest BCUT2D eigenvalue weighted by Gasteiger charge is 2.29. The van der Waals surface area contributed by atoms with Gasteiger partial charge in [0.15, 0.2) is 0 Å². The normalized spacial score (nSPS) is 34.0. The van der Waals surface area contributed by atoms with Gasteiger partial charge < -0.3 is 10.1 Å². The lowest BCUT2D eigenvalue weighted by molar-refractivity contribution is -0.00404. The topological polar surface area (TPSA) is 67.4 Å². The molecule has 0 bridgehead atoms. The van der Waals surface area contributed by atoms with Crippen molar-refractivity contribution in [3.8, 4) is 0 Å². The molecule has 2 rings (SSSR count). The minimum atomic E-state index is -3.16. The van der Waals surface area contributed by atoms with Crippen LogP contribution < -0.4 is 10.0 Å². The first-order chi connectivity index (χ1) is 10.3. The number of nitrogens with one attached hydrogen (secondary N) is 2. The van der Waals surface area contributed by atoms with Gasteiger partial charge in [0.25, 0.3) is 0 Å². The van der Waals surface area contributed by atoms with Gasteiger partial charge in [-0.25, -0.2) is 13.1 Å². The summed E-state index contributed by atoms with van der Waals surface area (Å²) >= 11 is 0. The molecule has 6 heteroatoms. The highest BCUT2D eigenvalue weighted by atomic mass is 32.2. The third-order valence-electron chi connectivity index (χ3n) is 5.12. The van der Waals surface area contributed by atoms with Crippen molar-refractivity contribution in [3.63, 3.8) is 0 Å². The van der Waals surface area contributed by atoms with Crippen LogP contribution in [0.5, 0.6) is 0 Å². The van der Waals surface area contributed by atoms with Crippen LogP contribution in [0.2, 0.25) is 0 Å². The second kappa shape index (κ2) is 8.08. The van der Waals surface area contributed by atoms with Gasteiger partial charge in [0, 0.05) is 12.1 Å². The van der Waals surface area contributed by atoms with Crippen LogP contribution in [0.4, 0.5) is 0 Å². The molecule has 2 N–H and O–H groups in total. The second-order valence-electron chi connectivity index (χ2n) is 7.31.